The number of aromatic amines is 1. The molecule has 2 N–H and O–H groups in total. The molecular weight excluding hydrogens is 396 g/mol. The zero-order valence-corrected chi connectivity index (χ0v) is 18.5. The molecule has 0 spiro atoms. The monoisotopic (exact) mass is 426 g/mol. The lowest BCUT2D eigenvalue weighted by molar-refractivity contribution is -0.128. The van der Waals surface area contributed by atoms with E-state index in [0.717, 1.165) is 80.4 Å². The molecule has 1 fully saturated rings. The summed E-state index contributed by atoms with van der Waals surface area (Å²) in [7, 11) is 0. The molecule has 0 radical (unpaired) electrons. The van der Waals surface area contributed by atoms with E-state index in [1.54, 1.807) is 0 Å². The zero-order chi connectivity index (χ0) is 22.0. The van der Waals surface area contributed by atoms with E-state index in [0.29, 0.717) is 0 Å². The maximum Gasteiger partial charge on any atom is 0.231 e. The van der Waals surface area contributed by atoms with Crippen molar-refractivity contribution in [3.63, 3.8) is 0 Å². The Morgan fingerprint density at radius 2 is 1.94 bits per heavy atom. The van der Waals surface area contributed by atoms with Gasteiger partial charge in [0.15, 0.2) is 0 Å². The smallest absolute Gasteiger partial charge is 0.231 e. The van der Waals surface area contributed by atoms with Crippen molar-refractivity contribution >= 4 is 22.6 Å². The highest BCUT2D eigenvalue weighted by molar-refractivity contribution is 5.97. The topological polar surface area (TPSA) is 71.9 Å². The Balaban J connectivity index is 1.28. The molecule has 0 atom stereocenters. The van der Waals surface area contributed by atoms with Gasteiger partial charge in [-0.1, -0.05) is 43.5 Å². The van der Waals surface area contributed by atoms with E-state index in [2.05, 4.69) is 33.4 Å². The molecule has 2 aromatic carbocycles. The van der Waals surface area contributed by atoms with Gasteiger partial charge in [-0.3, -0.25) is 9.69 Å². The van der Waals surface area contributed by atoms with Gasteiger partial charge in [-0.2, -0.15) is 5.26 Å². The van der Waals surface area contributed by atoms with Crippen LogP contribution in [0.1, 0.15) is 55.2 Å². The summed E-state index contributed by atoms with van der Waals surface area (Å²) in [5.41, 5.74) is 4.08. The largest absolute Gasteiger partial charge is 0.341 e. The maximum atomic E-state index is 13.5. The Morgan fingerprint density at radius 3 is 2.75 bits per heavy atom. The van der Waals surface area contributed by atoms with Crippen LogP contribution in [0.15, 0.2) is 48.5 Å². The van der Waals surface area contributed by atoms with Crippen LogP contribution in [-0.2, 0) is 17.8 Å². The summed E-state index contributed by atoms with van der Waals surface area (Å²) in [6.07, 6.45) is 7.27. The predicted molar refractivity (Wildman–Crippen MR) is 127 cm³/mol. The first-order valence-corrected chi connectivity index (χ1v) is 11.8. The summed E-state index contributed by atoms with van der Waals surface area (Å²) in [6.45, 7) is 2.79. The van der Waals surface area contributed by atoms with Crippen molar-refractivity contribution in [2.45, 2.75) is 51.5 Å². The van der Waals surface area contributed by atoms with Crippen LogP contribution in [0.4, 0.5) is 5.82 Å². The van der Waals surface area contributed by atoms with E-state index in [4.69, 9.17) is 0 Å². The van der Waals surface area contributed by atoms with Gasteiger partial charge in [-0.25, -0.2) is 0 Å². The number of aromatic nitrogens is 1. The number of nitrogens with one attached hydrogen (secondary N) is 2. The highest BCUT2D eigenvalue weighted by Crippen LogP contribution is 2.41. The van der Waals surface area contributed by atoms with Crippen molar-refractivity contribution in [3.05, 3.63) is 65.2 Å². The molecule has 32 heavy (non-hydrogen) atoms. The molecule has 1 amide bonds. The van der Waals surface area contributed by atoms with Crippen molar-refractivity contribution in [3.8, 4) is 6.07 Å². The van der Waals surface area contributed by atoms with Crippen LogP contribution in [0.2, 0.25) is 0 Å². The summed E-state index contributed by atoms with van der Waals surface area (Å²) in [5.74, 6) is 0.949. The van der Waals surface area contributed by atoms with Crippen LogP contribution in [0, 0.1) is 16.7 Å². The number of hydrogen-bond acceptors (Lipinski definition) is 3. The summed E-state index contributed by atoms with van der Waals surface area (Å²) in [5, 5.41) is 13.6. The summed E-state index contributed by atoms with van der Waals surface area (Å²) in [6, 6.07) is 18.4. The molecule has 1 aliphatic carbocycles. The third-order valence-corrected chi connectivity index (χ3v) is 7.40. The average Bonchev–Trinajstić information content (AvgIpc) is 3.25. The first-order chi connectivity index (χ1) is 15.6. The lowest BCUT2D eigenvalue weighted by Crippen LogP contribution is -2.42. The number of hydrogen-bond donors (Lipinski definition) is 2. The quantitative estimate of drug-likeness (QED) is 0.576. The molecule has 1 aliphatic heterocycles. The Morgan fingerprint density at radius 1 is 1.09 bits per heavy atom. The van der Waals surface area contributed by atoms with Crippen LogP contribution in [0.3, 0.4) is 0 Å². The lowest BCUT2D eigenvalue weighted by Gasteiger charge is -2.38. The van der Waals surface area contributed by atoms with Crippen molar-refractivity contribution in [1.29, 1.82) is 5.26 Å². The molecule has 0 bridgehead atoms. The van der Waals surface area contributed by atoms with Crippen molar-refractivity contribution in [2.75, 3.05) is 18.4 Å². The predicted octanol–water partition coefficient (Wildman–Crippen LogP) is 5.38. The normalized spacial score (nSPS) is 18.1. The Bertz CT molecular complexity index is 1130. The van der Waals surface area contributed by atoms with Crippen LogP contribution >= 0.6 is 0 Å². The molecule has 2 heterocycles. The average molecular weight is 427 g/mol. The Labute approximate surface area is 189 Å². The highest BCUT2D eigenvalue weighted by atomic mass is 16.2. The molecular formula is C27H30N4O. The number of amides is 1. The van der Waals surface area contributed by atoms with Gasteiger partial charge >= 0.3 is 0 Å². The number of anilines is 1. The SMILES string of the molecule is N#Cc1ccc2c(c1)CN(CCC1(C(=O)Nc3cc4ccccc4[nH]3)CCCCC1)CC2. The van der Waals surface area contributed by atoms with Gasteiger partial charge in [0.25, 0.3) is 0 Å². The molecule has 0 unspecified atom stereocenters. The third-order valence-electron chi connectivity index (χ3n) is 7.40. The van der Waals surface area contributed by atoms with Crippen LogP contribution in [-0.4, -0.2) is 28.9 Å². The maximum absolute atomic E-state index is 13.5. The van der Waals surface area contributed by atoms with E-state index in [1.807, 2.05) is 36.4 Å². The highest BCUT2D eigenvalue weighted by Gasteiger charge is 2.39. The van der Waals surface area contributed by atoms with E-state index in [-0.39, 0.29) is 11.3 Å². The van der Waals surface area contributed by atoms with E-state index in [9.17, 15) is 10.1 Å². The molecule has 0 saturated heterocycles. The van der Waals surface area contributed by atoms with Crippen LogP contribution in [0.5, 0.6) is 0 Å². The Hall–Kier alpha value is -3.10. The summed E-state index contributed by atoms with van der Waals surface area (Å²) < 4.78 is 0. The minimum absolute atomic E-state index is 0.160. The van der Waals surface area contributed by atoms with Gasteiger partial charge in [-0.05, 0) is 67.6 Å². The minimum atomic E-state index is -0.301. The number of nitrogens with zero attached hydrogens (tertiary/aromatic N) is 2. The molecule has 5 rings (SSSR count). The van der Waals surface area contributed by atoms with Gasteiger partial charge in [0, 0.05) is 24.0 Å². The standard InChI is InChI=1S/C27H30N4O/c28-18-20-8-9-21-10-14-31(19-23(21)16-20)15-13-27(11-4-1-5-12-27)26(32)30-25-17-22-6-2-3-7-24(22)29-25/h2-3,6-9,16-17,29H,1,4-5,10-15,19H2,(H,30,32). The van der Waals surface area contributed by atoms with Crippen LogP contribution < -0.4 is 5.32 Å². The van der Waals surface area contributed by atoms with Gasteiger partial charge in [0.2, 0.25) is 5.91 Å². The summed E-state index contributed by atoms with van der Waals surface area (Å²) in [4.78, 5) is 19.3. The third kappa shape index (κ3) is 4.16. The fraction of sp³-hybridized carbons (Fsp3) is 0.407. The molecule has 1 aromatic heterocycles. The van der Waals surface area contributed by atoms with Crippen molar-refractivity contribution < 1.29 is 4.79 Å². The van der Waals surface area contributed by atoms with Gasteiger partial charge in [-0.15, -0.1) is 0 Å². The molecule has 3 aromatic rings. The lowest BCUT2D eigenvalue weighted by atomic mass is 9.71. The summed E-state index contributed by atoms with van der Waals surface area (Å²) >= 11 is 0. The number of para-hydroxylation sites is 1. The molecule has 164 valence electrons. The second-order valence-electron chi connectivity index (χ2n) is 9.44. The Kier molecular flexibility index (Phi) is 5.71. The number of rotatable bonds is 5. The zero-order valence-electron chi connectivity index (χ0n) is 18.5. The van der Waals surface area contributed by atoms with E-state index >= 15 is 0 Å². The van der Waals surface area contributed by atoms with Crippen molar-refractivity contribution in [1.82, 2.24) is 9.88 Å². The first-order valence-electron chi connectivity index (χ1n) is 11.8. The van der Waals surface area contributed by atoms with Gasteiger partial charge in [0.05, 0.1) is 17.0 Å². The minimum Gasteiger partial charge on any atom is -0.341 e. The fourth-order valence-corrected chi connectivity index (χ4v) is 5.46. The second kappa shape index (κ2) is 8.80. The van der Waals surface area contributed by atoms with Gasteiger partial charge < -0.3 is 10.3 Å². The fourth-order valence-electron chi connectivity index (χ4n) is 5.46. The molecule has 1 saturated carbocycles. The van der Waals surface area contributed by atoms with E-state index in [1.165, 1.54) is 17.5 Å². The van der Waals surface area contributed by atoms with E-state index < -0.39 is 0 Å². The number of nitriles is 1. The number of fused-ring (bicyclic) bond motifs is 2. The number of carbonyl (C=O) groups is 1. The van der Waals surface area contributed by atoms with Crippen LogP contribution in [0.25, 0.3) is 10.9 Å². The van der Waals surface area contributed by atoms with Gasteiger partial charge in [0.1, 0.15) is 5.82 Å². The number of carbonyl (C=O) groups excluding carboxylic acids is 1. The molecule has 5 nitrogen and oxygen atoms in total. The van der Waals surface area contributed by atoms with Crippen molar-refractivity contribution in [2.24, 2.45) is 5.41 Å². The molecule has 5 heteroatoms. The molecule has 2 aliphatic rings. The first kappa shape index (κ1) is 20.8. The number of benzene rings is 2. The second-order valence-corrected chi connectivity index (χ2v) is 9.44. The number of H-pyrrole nitrogens is 1.